The molecule has 1 atom stereocenters. The molecule has 104 valence electrons. The molecule has 1 heterocycles. The van der Waals surface area contributed by atoms with Crippen molar-refractivity contribution in [3.63, 3.8) is 0 Å². The van der Waals surface area contributed by atoms with Crippen molar-refractivity contribution in [2.45, 2.75) is 12.5 Å². The van der Waals surface area contributed by atoms with Gasteiger partial charge >= 0.3 is 5.97 Å². The molecule has 1 aliphatic heterocycles. The largest absolute Gasteiger partial charge is 0.480 e. The molecule has 1 aliphatic rings. The Bertz CT molecular complexity index is 417. The molecule has 18 heavy (non-hydrogen) atoms. The van der Waals surface area contributed by atoms with Crippen molar-refractivity contribution in [3.05, 3.63) is 0 Å². The second kappa shape index (κ2) is 6.09. The van der Waals surface area contributed by atoms with Crippen LogP contribution >= 0.6 is 0 Å². The van der Waals surface area contributed by atoms with E-state index in [9.17, 15) is 18.0 Å². The van der Waals surface area contributed by atoms with Crippen molar-refractivity contribution in [2.75, 3.05) is 26.3 Å². The lowest BCUT2D eigenvalue weighted by molar-refractivity contribution is -0.140. The van der Waals surface area contributed by atoms with Gasteiger partial charge in [0.05, 0.1) is 19.6 Å². The standard InChI is InChI=1S/C8H15N3O6S/c9-7(12)5-6(8(13)14)10-18(15,16)11-1-3-17-4-2-11/h6,10H,1-5H2,(H2,9,12)(H,13,14). The first kappa shape index (κ1) is 14.8. The Balaban J connectivity index is 2.71. The van der Waals surface area contributed by atoms with Crippen LogP contribution in [0.1, 0.15) is 6.42 Å². The molecule has 4 N–H and O–H groups in total. The van der Waals surface area contributed by atoms with Gasteiger partial charge in [0.1, 0.15) is 6.04 Å². The summed E-state index contributed by atoms with van der Waals surface area (Å²) in [6, 6.07) is -1.56. The van der Waals surface area contributed by atoms with Gasteiger partial charge in [-0.2, -0.15) is 17.4 Å². The van der Waals surface area contributed by atoms with E-state index < -0.39 is 34.5 Å². The highest BCUT2D eigenvalue weighted by Crippen LogP contribution is 2.05. The van der Waals surface area contributed by atoms with Crippen LogP contribution in [0.4, 0.5) is 0 Å². The van der Waals surface area contributed by atoms with E-state index in [1.54, 1.807) is 0 Å². The van der Waals surface area contributed by atoms with Gasteiger partial charge in [-0.05, 0) is 0 Å². The summed E-state index contributed by atoms with van der Waals surface area (Å²) in [7, 11) is -3.96. The zero-order valence-electron chi connectivity index (χ0n) is 9.53. The van der Waals surface area contributed by atoms with Gasteiger partial charge in [-0.1, -0.05) is 0 Å². The molecule has 0 bridgehead atoms. The van der Waals surface area contributed by atoms with Crippen LogP contribution in [0.5, 0.6) is 0 Å². The number of nitrogens with zero attached hydrogens (tertiary/aromatic N) is 1. The normalized spacial score (nSPS) is 19.3. The average molecular weight is 281 g/mol. The summed E-state index contributed by atoms with van der Waals surface area (Å²) in [5, 5.41) is 8.81. The molecule has 0 aromatic carbocycles. The minimum atomic E-state index is -3.96. The molecule has 9 nitrogen and oxygen atoms in total. The molecular formula is C8H15N3O6S. The van der Waals surface area contributed by atoms with E-state index >= 15 is 0 Å². The van der Waals surface area contributed by atoms with Crippen LogP contribution in [0, 0.1) is 0 Å². The number of ether oxygens (including phenoxy) is 1. The second-order valence-electron chi connectivity index (χ2n) is 3.70. The number of carboxylic acid groups (broad SMARTS) is 1. The van der Waals surface area contributed by atoms with Crippen molar-refractivity contribution in [2.24, 2.45) is 5.73 Å². The Kier molecular flexibility index (Phi) is 5.02. The van der Waals surface area contributed by atoms with Gasteiger partial charge in [0, 0.05) is 13.1 Å². The first-order chi connectivity index (χ1) is 8.33. The summed E-state index contributed by atoms with van der Waals surface area (Å²) in [5.74, 6) is -2.35. The number of carboxylic acids is 1. The average Bonchev–Trinajstić information content (AvgIpc) is 2.28. The van der Waals surface area contributed by atoms with Crippen molar-refractivity contribution in [1.82, 2.24) is 9.03 Å². The maximum absolute atomic E-state index is 11.8. The number of amides is 1. The number of carbonyl (C=O) groups is 2. The number of rotatable bonds is 6. The minimum Gasteiger partial charge on any atom is -0.480 e. The molecule has 1 fully saturated rings. The smallest absolute Gasteiger partial charge is 0.322 e. The first-order valence-corrected chi connectivity index (χ1v) is 6.63. The maximum atomic E-state index is 11.8. The van der Waals surface area contributed by atoms with Crippen molar-refractivity contribution in [1.29, 1.82) is 0 Å². The van der Waals surface area contributed by atoms with E-state index in [2.05, 4.69) is 0 Å². The summed E-state index contributed by atoms with van der Waals surface area (Å²) in [5.41, 5.74) is 4.86. The summed E-state index contributed by atoms with van der Waals surface area (Å²) >= 11 is 0. The summed E-state index contributed by atoms with van der Waals surface area (Å²) in [4.78, 5) is 21.5. The lowest BCUT2D eigenvalue weighted by atomic mass is 10.2. The van der Waals surface area contributed by atoms with Gasteiger partial charge < -0.3 is 15.6 Å². The Morgan fingerprint density at radius 3 is 2.39 bits per heavy atom. The first-order valence-electron chi connectivity index (χ1n) is 5.19. The van der Waals surface area contributed by atoms with Crippen LogP contribution < -0.4 is 10.5 Å². The van der Waals surface area contributed by atoms with E-state index in [0.717, 1.165) is 4.31 Å². The Hall–Kier alpha value is -1.23. The molecule has 1 unspecified atom stereocenters. The fourth-order valence-electron chi connectivity index (χ4n) is 1.42. The van der Waals surface area contributed by atoms with E-state index in [1.165, 1.54) is 0 Å². The molecule has 0 saturated carbocycles. The Morgan fingerprint density at radius 1 is 1.39 bits per heavy atom. The number of primary amides is 1. The van der Waals surface area contributed by atoms with Gasteiger partial charge in [-0.15, -0.1) is 0 Å². The predicted molar refractivity (Wildman–Crippen MR) is 59.7 cm³/mol. The Labute approximate surface area is 104 Å². The molecular weight excluding hydrogens is 266 g/mol. The number of nitrogens with one attached hydrogen (secondary N) is 1. The third kappa shape index (κ3) is 4.22. The summed E-state index contributed by atoms with van der Waals surface area (Å²) < 4.78 is 31.6. The molecule has 0 aromatic rings. The SMILES string of the molecule is NC(=O)CC(NS(=O)(=O)N1CCOCC1)C(=O)O. The predicted octanol–water partition coefficient (Wildman–Crippen LogP) is -2.52. The highest BCUT2D eigenvalue weighted by Gasteiger charge is 2.30. The van der Waals surface area contributed by atoms with E-state index in [4.69, 9.17) is 15.6 Å². The second-order valence-corrected chi connectivity index (χ2v) is 5.40. The van der Waals surface area contributed by atoms with Gasteiger partial charge in [0.15, 0.2) is 0 Å². The van der Waals surface area contributed by atoms with Crippen LogP contribution in [-0.2, 0) is 24.5 Å². The highest BCUT2D eigenvalue weighted by molar-refractivity contribution is 7.87. The van der Waals surface area contributed by atoms with Gasteiger partial charge in [0.2, 0.25) is 5.91 Å². The van der Waals surface area contributed by atoms with E-state index in [1.807, 2.05) is 4.72 Å². The molecule has 1 saturated heterocycles. The van der Waals surface area contributed by atoms with Gasteiger partial charge in [-0.3, -0.25) is 9.59 Å². The van der Waals surface area contributed by atoms with Crippen LogP contribution in [0.3, 0.4) is 0 Å². The van der Waals surface area contributed by atoms with Gasteiger partial charge in [-0.25, -0.2) is 0 Å². The number of morpholine rings is 1. The van der Waals surface area contributed by atoms with E-state index in [0.29, 0.717) is 0 Å². The topological polar surface area (TPSA) is 139 Å². The number of nitrogens with two attached hydrogens (primary N) is 1. The van der Waals surface area contributed by atoms with Crippen LogP contribution in [0.15, 0.2) is 0 Å². The highest BCUT2D eigenvalue weighted by atomic mass is 32.2. The molecule has 0 spiro atoms. The maximum Gasteiger partial charge on any atom is 0.322 e. The quantitative estimate of drug-likeness (QED) is 0.491. The lowest BCUT2D eigenvalue weighted by Crippen LogP contribution is -2.52. The van der Waals surface area contributed by atoms with Crippen LogP contribution in [-0.4, -0.2) is 62.1 Å². The number of aliphatic carboxylic acids is 1. The molecule has 1 rings (SSSR count). The molecule has 10 heteroatoms. The molecule has 0 radical (unpaired) electrons. The fraction of sp³-hybridized carbons (Fsp3) is 0.750. The molecule has 0 aliphatic carbocycles. The summed E-state index contributed by atoms with van der Waals surface area (Å²) in [6.45, 7) is 0.763. The fourth-order valence-corrected chi connectivity index (χ4v) is 2.74. The van der Waals surface area contributed by atoms with Crippen molar-refractivity contribution in [3.8, 4) is 0 Å². The minimum absolute atomic E-state index is 0.137. The number of hydrogen-bond donors (Lipinski definition) is 3. The van der Waals surface area contributed by atoms with Crippen LogP contribution in [0.2, 0.25) is 0 Å². The number of hydrogen-bond acceptors (Lipinski definition) is 5. The third-order valence-corrected chi connectivity index (χ3v) is 3.93. The zero-order chi connectivity index (χ0) is 13.8. The lowest BCUT2D eigenvalue weighted by Gasteiger charge is -2.27. The summed E-state index contributed by atoms with van der Waals surface area (Å²) in [6.07, 6.45) is -0.598. The number of carbonyl (C=O) groups excluding carboxylic acids is 1. The monoisotopic (exact) mass is 281 g/mol. The van der Waals surface area contributed by atoms with Crippen molar-refractivity contribution >= 4 is 22.1 Å². The van der Waals surface area contributed by atoms with Crippen molar-refractivity contribution < 1.29 is 27.9 Å². The third-order valence-electron chi connectivity index (χ3n) is 2.30. The molecule has 1 amide bonds. The van der Waals surface area contributed by atoms with Gasteiger partial charge in [0.25, 0.3) is 10.2 Å². The molecule has 0 aromatic heterocycles. The van der Waals surface area contributed by atoms with Crippen LogP contribution in [0.25, 0.3) is 0 Å². The van der Waals surface area contributed by atoms with E-state index in [-0.39, 0.29) is 26.3 Å². The zero-order valence-corrected chi connectivity index (χ0v) is 10.4. The Morgan fingerprint density at radius 2 is 1.94 bits per heavy atom.